The summed E-state index contributed by atoms with van der Waals surface area (Å²) in [7, 11) is 1.53. The van der Waals surface area contributed by atoms with Crippen molar-refractivity contribution in [2.75, 3.05) is 7.11 Å². The number of methoxy groups -OCH3 is 1. The predicted molar refractivity (Wildman–Crippen MR) is 92.8 cm³/mol. The summed E-state index contributed by atoms with van der Waals surface area (Å²) in [6.07, 6.45) is 1.66. The van der Waals surface area contributed by atoms with Crippen molar-refractivity contribution in [3.05, 3.63) is 68.8 Å². The van der Waals surface area contributed by atoms with Crippen LogP contribution in [0.1, 0.15) is 11.1 Å². The zero-order valence-corrected chi connectivity index (χ0v) is 14.4. The average molecular weight is 393 g/mol. The van der Waals surface area contributed by atoms with Crippen LogP contribution >= 0.6 is 27.5 Å². The van der Waals surface area contributed by atoms with Crippen LogP contribution < -0.4 is 4.74 Å². The fraction of sp³-hybridized carbons (Fsp3) is 0.0588. The summed E-state index contributed by atoms with van der Waals surface area (Å²) >= 11 is 9.39. The number of benzene rings is 2. The minimum absolute atomic E-state index is 0.176. The van der Waals surface area contributed by atoms with Crippen LogP contribution in [0.2, 0.25) is 5.02 Å². The number of halogens is 2. The fourth-order valence-electron chi connectivity index (χ4n) is 2.13. The number of ether oxygens (including phenoxy) is 2. The normalized spacial score (nSPS) is 15.5. The van der Waals surface area contributed by atoms with Crippen LogP contribution in [0, 0.1) is 0 Å². The van der Waals surface area contributed by atoms with Gasteiger partial charge in [-0.1, -0.05) is 39.7 Å². The molecule has 3 rings (SSSR count). The van der Waals surface area contributed by atoms with Crippen molar-refractivity contribution in [3.63, 3.8) is 0 Å². The number of nitrogens with zero attached hydrogens (tertiary/aromatic N) is 1. The molecular formula is C17H11BrClNO3. The number of hydrogen-bond acceptors (Lipinski definition) is 4. The molecule has 4 nitrogen and oxygen atoms in total. The van der Waals surface area contributed by atoms with Crippen LogP contribution in [0.15, 0.2) is 57.6 Å². The molecule has 0 saturated carbocycles. The van der Waals surface area contributed by atoms with Crippen molar-refractivity contribution < 1.29 is 14.3 Å². The highest BCUT2D eigenvalue weighted by molar-refractivity contribution is 9.10. The number of carbonyl (C=O) groups excluding carboxylic acids is 1. The van der Waals surface area contributed by atoms with Crippen molar-refractivity contribution >= 4 is 45.5 Å². The Morgan fingerprint density at radius 1 is 1.26 bits per heavy atom. The van der Waals surface area contributed by atoms with Crippen molar-refractivity contribution in [1.29, 1.82) is 0 Å². The first-order valence-electron chi connectivity index (χ1n) is 6.69. The molecule has 2 aromatic carbocycles. The first kappa shape index (κ1) is 15.8. The van der Waals surface area contributed by atoms with Crippen LogP contribution in [0.4, 0.5) is 0 Å². The maximum Gasteiger partial charge on any atom is 0.363 e. The van der Waals surface area contributed by atoms with E-state index in [1.807, 2.05) is 24.3 Å². The Labute approximate surface area is 146 Å². The summed E-state index contributed by atoms with van der Waals surface area (Å²) in [5, 5.41) is 0.504. The van der Waals surface area contributed by atoms with E-state index in [-0.39, 0.29) is 11.6 Å². The lowest BCUT2D eigenvalue weighted by Crippen LogP contribution is -2.07. The SMILES string of the molecule is COc1ccc(Cl)cc1C1=N/C(=C/c2cccc(Br)c2)C(=O)O1. The Bertz CT molecular complexity index is 845. The quantitative estimate of drug-likeness (QED) is 0.572. The first-order chi connectivity index (χ1) is 11.1. The molecule has 116 valence electrons. The summed E-state index contributed by atoms with van der Waals surface area (Å²) in [4.78, 5) is 16.3. The largest absolute Gasteiger partial charge is 0.496 e. The van der Waals surface area contributed by atoms with E-state index >= 15 is 0 Å². The average Bonchev–Trinajstić information content (AvgIpc) is 2.88. The van der Waals surface area contributed by atoms with E-state index in [0.717, 1.165) is 10.0 Å². The van der Waals surface area contributed by atoms with Gasteiger partial charge in [0.05, 0.1) is 12.7 Å². The van der Waals surface area contributed by atoms with E-state index in [2.05, 4.69) is 20.9 Å². The molecule has 0 fully saturated rings. The molecule has 6 heteroatoms. The lowest BCUT2D eigenvalue weighted by molar-refractivity contribution is -0.129. The molecule has 0 amide bonds. The van der Waals surface area contributed by atoms with Crippen molar-refractivity contribution in [1.82, 2.24) is 0 Å². The summed E-state index contributed by atoms with van der Waals surface area (Å²) in [6, 6.07) is 12.6. The van der Waals surface area contributed by atoms with Gasteiger partial charge < -0.3 is 9.47 Å². The van der Waals surface area contributed by atoms with Crippen LogP contribution in [-0.2, 0) is 9.53 Å². The maximum atomic E-state index is 12.0. The highest BCUT2D eigenvalue weighted by Gasteiger charge is 2.26. The second kappa shape index (κ2) is 6.56. The highest BCUT2D eigenvalue weighted by Crippen LogP contribution is 2.28. The van der Waals surface area contributed by atoms with Gasteiger partial charge in [0.15, 0.2) is 5.70 Å². The van der Waals surface area contributed by atoms with Gasteiger partial charge in [-0.25, -0.2) is 9.79 Å². The van der Waals surface area contributed by atoms with E-state index in [1.54, 1.807) is 24.3 Å². The molecular weight excluding hydrogens is 382 g/mol. The molecule has 0 saturated heterocycles. The second-order valence-electron chi connectivity index (χ2n) is 4.74. The second-order valence-corrected chi connectivity index (χ2v) is 6.09. The number of cyclic esters (lactones) is 1. The van der Waals surface area contributed by atoms with Crippen LogP contribution in [0.5, 0.6) is 5.75 Å². The molecule has 1 heterocycles. The highest BCUT2D eigenvalue weighted by atomic mass is 79.9. The summed E-state index contributed by atoms with van der Waals surface area (Å²) < 4.78 is 11.4. The molecule has 0 aromatic heterocycles. The number of esters is 1. The summed E-state index contributed by atoms with van der Waals surface area (Å²) in [6.45, 7) is 0. The molecule has 23 heavy (non-hydrogen) atoms. The zero-order valence-electron chi connectivity index (χ0n) is 12.0. The van der Waals surface area contributed by atoms with Gasteiger partial charge >= 0.3 is 5.97 Å². The Morgan fingerprint density at radius 2 is 2.09 bits per heavy atom. The Hall–Kier alpha value is -2.11. The minimum Gasteiger partial charge on any atom is -0.496 e. The number of hydrogen-bond donors (Lipinski definition) is 0. The van der Waals surface area contributed by atoms with E-state index in [0.29, 0.717) is 16.3 Å². The van der Waals surface area contributed by atoms with Crippen molar-refractivity contribution in [3.8, 4) is 5.75 Å². The number of rotatable bonds is 3. The van der Waals surface area contributed by atoms with Gasteiger partial charge in [0, 0.05) is 9.50 Å². The van der Waals surface area contributed by atoms with E-state index < -0.39 is 5.97 Å². The molecule has 0 unspecified atom stereocenters. The Kier molecular flexibility index (Phi) is 4.50. The standard InChI is InChI=1S/C17H11BrClNO3/c1-22-15-6-5-12(19)9-13(15)16-20-14(17(21)23-16)8-10-3-2-4-11(18)7-10/h2-9H,1H3/b14-8+. The van der Waals surface area contributed by atoms with E-state index in [1.165, 1.54) is 7.11 Å². The van der Waals surface area contributed by atoms with Gasteiger partial charge in [0.1, 0.15) is 5.75 Å². The van der Waals surface area contributed by atoms with E-state index in [4.69, 9.17) is 21.1 Å². The first-order valence-corrected chi connectivity index (χ1v) is 7.86. The molecule has 0 atom stereocenters. The predicted octanol–water partition coefficient (Wildman–Crippen LogP) is 4.46. The lowest BCUT2D eigenvalue weighted by atomic mass is 10.2. The van der Waals surface area contributed by atoms with Crippen molar-refractivity contribution in [2.24, 2.45) is 4.99 Å². The van der Waals surface area contributed by atoms with Gasteiger partial charge in [-0.2, -0.15) is 0 Å². The Balaban J connectivity index is 2.00. The summed E-state index contributed by atoms with van der Waals surface area (Å²) in [5.41, 5.74) is 1.60. The van der Waals surface area contributed by atoms with Gasteiger partial charge in [-0.05, 0) is 42.0 Å². The topological polar surface area (TPSA) is 47.9 Å². The van der Waals surface area contributed by atoms with Crippen LogP contribution in [-0.4, -0.2) is 19.0 Å². The van der Waals surface area contributed by atoms with Gasteiger partial charge in [0.25, 0.3) is 0 Å². The smallest absolute Gasteiger partial charge is 0.363 e. The van der Waals surface area contributed by atoms with Crippen LogP contribution in [0.3, 0.4) is 0 Å². The summed E-state index contributed by atoms with van der Waals surface area (Å²) in [5.74, 6) is 0.197. The molecule has 0 radical (unpaired) electrons. The van der Waals surface area contributed by atoms with E-state index in [9.17, 15) is 4.79 Å². The maximum absolute atomic E-state index is 12.0. The van der Waals surface area contributed by atoms with Gasteiger partial charge in [-0.3, -0.25) is 0 Å². The zero-order chi connectivity index (χ0) is 16.4. The molecule has 0 aliphatic carbocycles. The van der Waals surface area contributed by atoms with Crippen LogP contribution in [0.25, 0.3) is 6.08 Å². The Morgan fingerprint density at radius 3 is 2.83 bits per heavy atom. The minimum atomic E-state index is -0.512. The third-order valence-corrected chi connectivity index (χ3v) is 3.89. The monoisotopic (exact) mass is 391 g/mol. The molecule has 1 aliphatic heterocycles. The number of carbonyl (C=O) groups is 1. The fourth-order valence-corrected chi connectivity index (χ4v) is 2.71. The molecule has 0 spiro atoms. The molecule has 1 aliphatic rings. The molecule has 2 aromatic rings. The van der Waals surface area contributed by atoms with Crippen molar-refractivity contribution in [2.45, 2.75) is 0 Å². The lowest BCUT2D eigenvalue weighted by Gasteiger charge is -2.07. The molecule has 0 bridgehead atoms. The third kappa shape index (κ3) is 3.46. The van der Waals surface area contributed by atoms with Gasteiger partial charge in [-0.15, -0.1) is 0 Å². The number of aliphatic imine (C=N–C) groups is 1. The molecule has 0 N–H and O–H groups in total. The third-order valence-electron chi connectivity index (χ3n) is 3.16. The van der Waals surface area contributed by atoms with Gasteiger partial charge in [0.2, 0.25) is 5.90 Å².